The molecule has 4 rings (SSSR count). The largest absolute Gasteiger partial charge is 0.488 e. The summed E-state index contributed by atoms with van der Waals surface area (Å²) >= 11 is 12.7. The van der Waals surface area contributed by atoms with E-state index in [0.717, 1.165) is 26.9 Å². The van der Waals surface area contributed by atoms with Gasteiger partial charge in [0.25, 0.3) is 5.91 Å². The first-order chi connectivity index (χ1) is 15.4. The lowest BCUT2D eigenvalue weighted by atomic mass is 10.1. The number of carbonyl (C=O) groups is 1. The maximum absolute atomic E-state index is 12.9. The first kappa shape index (κ1) is 23.5. The standard InChI is InChI=1S/C25H19BrINO2S2/c1-16-2-4-17(5-3-16)14-28-24(29)23(32-25(28)31)13-19-8-11-22(21(26)12-19)30-15-18-6-9-20(27)10-7-18/h2-13H,14-15H2,1H3/b23-13-. The van der Waals surface area contributed by atoms with E-state index < -0.39 is 0 Å². The third-order valence-electron chi connectivity index (χ3n) is 4.90. The summed E-state index contributed by atoms with van der Waals surface area (Å²) in [7, 11) is 0. The van der Waals surface area contributed by atoms with Crippen LogP contribution in [0.1, 0.15) is 22.3 Å². The van der Waals surface area contributed by atoms with E-state index in [1.165, 1.54) is 20.9 Å². The van der Waals surface area contributed by atoms with Crippen molar-refractivity contribution in [3.05, 3.63) is 102 Å². The molecule has 0 saturated carbocycles. The van der Waals surface area contributed by atoms with E-state index >= 15 is 0 Å². The summed E-state index contributed by atoms with van der Waals surface area (Å²) in [6.45, 7) is 3.02. The Morgan fingerprint density at radius 3 is 2.44 bits per heavy atom. The Kier molecular flexibility index (Phi) is 7.70. The molecule has 0 unspecified atom stereocenters. The van der Waals surface area contributed by atoms with Crippen molar-refractivity contribution in [3.8, 4) is 5.75 Å². The van der Waals surface area contributed by atoms with Gasteiger partial charge >= 0.3 is 0 Å². The highest BCUT2D eigenvalue weighted by atomic mass is 127. The Balaban J connectivity index is 1.44. The molecule has 32 heavy (non-hydrogen) atoms. The van der Waals surface area contributed by atoms with Gasteiger partial charge in [-0.25, -0.2) is 0 Å². The predicted molar refractivity (Wildman–Crippen MR) is 148 cm³/mol. The monoisotopic (exact) mass is 635 g/mol. The van der Waals surface area contributed by atoms with E-state index in [0.29, 0.717) is 22.4 Å². The molecule has 162 valence electrons. The molecule has 1 heterocycles. The molecule has 0 atom stereocenters. The highest BCUT2D eigenvalue weighted by molar-refractivity contribution is 14.1. The molecule has 7 heteroatoms. The van der Waals surface area contributed by atoms with Gasteiger partial charge in [-0.3, -0.25) is 9.69 Å². The third kappa shape index (κ3) is 5.81. The SMILES string of the molecule is Cc1ccc(CN2C(=O)/C(=C/c3ccc(OCc4ccc(I)cc4)c(Br)c3)SC2=S)cc1. The number of thiocarbonyl (C=S) groups is 1. The summed E-state index contributed by atoms with van der Waals surface area (Å²) in [6, 6.07) is 22.2. The van der Waals surface area contributed by atoms with Gasteiger partial charge in [-0.05, 0) is 92.5 Å². The quantitative estimate of drug-likeness (QED) is 0.161. The zero-order valence-electron chi connectivity index (χ0n) is 17.2. The van der Waals surface area contributed by atoms with Crippen LogP contribution < -0.4 is 4.74 Å². The Hall–Kier alpha value is -1.68. The topological polar surface area (TPSA) is 29.5 Å². The zero-order chi connectivity index (χ0) is 22.7. The third-order valence-corrected chi connectivity index (χ3v) is 7.61. The summed E-state index contributed by atoms with van der Waals surface area (Å²) in [4.78, 5) is 15.2. The second-order valence-electron chi connectivity index (χ2n) is 7.36. The number of thioether (sulfide) groups is 1. The van der Waals surface area contributed by atoms with Crippen LogP contribution in [-0.2, 0) is 17.9 Å². The molecular weight excluding hydrogens is 617 g/mol. The van der Waals surface area contributed by atoms with Crippen molar-refractivity contribution in [1.29, 1.82) is 0 Å². The lowest BCUT2D eigenvalue weighted by Gasteiger charge is -2.14. The minimum Gasteiger partial charge on any atom is -0.488 e. The number of hydrogen-bond acceptors (Lipinski definition) is 4. The minimum absolute atomic E-state index is 0.0595. The van der Waals surface area contributed by atoms with Crippen LogP contribution in [-0.4, -0.2) is 15.1 Å². The van der Waals surface area contributed by atoms with Crippen LogP contribution in [0.2, 0.25) is 0 Å². The predicted octanol–water partition coefficient (Wildman–Crippen LogP) is 7.34. The van der Waals surface area contributed by atoms with Gasteiger partial charge in [0.15, 0.2) is 0 Å². The zero-order valence-corrected chi connectivity index (χ0v) is 22.6. The number of carbonyl (C=O) groups excluding carboxylic acids is 1. The van der Waals surface area contributed by atoms with E-state index in [1.807, 2.05) is 55.5 Å². The molecule has 3 nitrogen and oxygen atoms in total. The van der Waals surface area contributed by atoms with Crippen LogP contribution >= 0.6 is 62.5 Å². The Labute approximate surface area is 219 Å². The lowest BCUT2D eigenvalue weighted by molar-refractivity contribution is -0.122. The van der Waals surface area contributed by atoms with Gasteiger partial charge in [0.1, 0.15) is 16.7 Å². The first-order valence-corrected chi connectivity index (χ1v) is 13.0. The molecule has 0 radical (unpaired) electrons. The molecule has 3 aromatic carbocycles. The fraction of sp³-hybridized carbons (Fsp3) is 0.120. The van der Waals surface area contributed by atoms with E-state index in [-0.39, 0.29) is 5.91 Å². The van der Waals surface area contributed by atoms with Crippen molar-refractivity contribution >= 4 is 78.8 Å². The molecule has 0 spiro atoms. The smallest absolute Gasteiger partial charge is 0.266 e. The van der Waals surface area contributed by atoms with E-state index in [1.54, 1.807) is 4.90 Å². The van der Waals surface area contributed by atoms with Crippen molar-refractivity contribution in [2.75, 3.05) is 0 Å². The molecule has 0 aliphatic carbocycles. The molecule has 1 amide bonds. The van der Waals surface area contributed by atoms with Crippen LogP contribution in [0.4, 0.5) is 0 Å². The number of amides is 1. The van der Waals surface area contributed by atoms with Crippen LogP contribution in [0, 0.1) is 10.5 Å². The second kappa shape index (κ2) is 10.5. The number of nitrogens with zero attached hydrogens (tertiary/aromatic N) is 1. The van der Waals surface area contributed by atoms with Gasteiger partial charge in [-0.15, -0.1) is 0 Å². The first-order valence-electron chi connectivity index (χ1n) is 9.87. The number of benzene rings is 3. The van der Waals surface area contributed by atoms with Crippen LogP contribution in [0.15, 0.2) is 76.1 Å². The number of aryl methyl sites for hydroxylation is 1. The van der Waals surface area contributed by atoms with E-state index in [4.69, 9.17) is 17.0 Å². The normalized spacial score (nSPS) is 15.0. The van der Waals surface area contributed by atoms with Gasteiger partial charge in [-0.1, -0.05) is 72.0 Å². The molecule has 0 N–H and O–H groups in total. The van der Waals surface area contributed by atoms with E-state index in [9.17, 15) is 4.79 Å². The number of ether oxygens (including phenoxy) is 1. The van der Waals surface area contributed by atoms with Crippen molar-refractivity contribution in [2.45, 2.75) is 20.1 Å². The highest BCUT2D eigenvalue weighted by Gasteiger charge is 2.32. The van der Waals surface area contributed by atoms with Gasteiger partial charge in [0.05, 0.1) is 15.9 Å². The summed E-state index contributed by atoms with van der Waals surface area (Å²) in [5.41, 5.74) is 4.27. The molecule has 0 bridgehead atoms. The average molecular weight is 636 g/mol. The lowest BCUT2D eigenvalue weighted by Crippen LogP contribution is -2.27. The maximum atomic E-state index is 12.9. The fourth-order valence-electron chi connectivity index (χ4n) is 3.13. The maximum Gasteiger partial charge on any atom is 0.266 e. The summed E-state index contributed by atoms with van der Waals surface area (Å²) < 4.78 is 8.56. The summed E-state index contributed by atoms with van der Waals surface area (Å²) in [6.07, 6.45) is 1.88. The number of halogens is 2. The number of rotatable bonds is 6. The van der Waals surface area contributed by atoms with Crippen molar-refractivity contribution in [1.82, 2.24) is 4.90 Å². The Bertz CT molecular complexity index is 1190. The van der Waals surface area contributed by atoms with Crippen LogP contribution in [0.3, 0.4) is 0 Å². The summed E-state index contributed by atoms with van der Waals surface area (Å²) in [5.74, 6) is 0.698. The fourth-order valence-corrected chi connectivity index (χ4v) is 5.26. The highest BCUT2D eigenvalue weighted by Crippen LogP contribution is 2.35. The summed E-state index contributed by atoms with van der Waals surface area (Å²) in [5, 5.41) is 0. The molecule has 0 aromatic heterocycles. The number of hydrogen-bond donors (Lipinski definition) is 0. The van der Waals surface area contributed by atoms with Crippen LogP contribution in [0.5, 0.6) is 5.75 Å². The molecule has 1 aliphatic rings. The van der Waals surface area contributed by atoms with Gasteiger partial charge < -0.3 is 4.74 Å². The minimum atomic E-state index is -0.0595. The molecule has 3 aromatic rings. The van der Waals surface area contributed by atoms with Crippen molar-refractivity contribution in [3.63, 3.8) is 0 Å². The van der Waals surface area contributed by atoms with Crippen molar-refractivity contribution in [2.24, 2.45) is 0 Å². The molecule has 1 saturated heterocycles. The van der Waals surface area contributed by atoms with Crippen molar-refractivity contribution < 1.29 is 9.53 Å². The van der Waals surface area contributed by atoms with E-state index in [2.05, 4.69) is 62.8 Å². The van der Waals surface area contributed by atoms with Crippen LogP contribution in [0.25, 0.3) is 6.08 Å². The second-order valence-corrected chi connectivity index (χ2v) is 11.1. The Morgan fingerprint density at radius 1 is 1.06 bits per heavy atom. The molecular formula is C25H19BrINO2S2. The van der Waals surface area contributed by atoms with Gasteiger partial charge in [-0.2, -0.15) is 0 Å². The molecule has 1 aliphatic heterocycles. The Morgan fingerprint density at radius 2 is 1.75 bits per heavy atom. The molecule has 1 fully saturated rings. The van der Waals surface area contributed by atoms with Gasteiger partial charge in [0.2, 0.25) is 0 Å². The van der Waals surface area contributed by atoms with Gasteiger partial charge in [0, 0.05) is 3.57 Å². The average Bonchev–Trinajstić information content (AvgIpc) is 3.03.